The standard InChI is InChI=1S/C21H16BrClN4O3/c1-28-15-7-11(13(22)8-16(15)29-2)17-12(9-24)20(25)30-21-18(17)19(26-27-21)10-5-3-4-6-14(10)23/h3-8,17H,25H2,1-2H3,(H,26,27)/t17-/m1/s1. The van der Waals surface area contributed by atoms with Gasteiger partial charge in [-0.05, 0) is 23.8 Å². The first-order valence-electron chi connectivity index (χ1n) is 8.82. The number of H-pyrrole nitrogens is 1. The van der Waals surface area contributed by atoms with Gasteiger partial charge in [0.25, 0.3) is 0 Å². The summed E-state index contributed by atoms with van der Waals surface area (Å²) in [4.78, 5) is 0. The van der Waals surface area contributed by atoms with Gasteiger partial charge in [0, 0.05) is 15.1 Å². The molecule has 30 heavy (non-hydrogen) atoms. The lowest BCUT2D eigenvalue weighted by atomic mass is 9.83. The van der Waals surface area contributed by atoms with Crippen LogP contribution in [-0.2, 0) is 0 Å². The minimum atomic E-state index is -0.571. The van der Waals surface area contributed by atoms with Crippen LogP contribution in [0, 0.1) is 11.3 Å². The van der Waals surface area contributed by atoms with E-state index in [0.717, 1.165) is 11.1 Å². The highest BCUT2D eigenvalue weighted by Crippen LogP contribution is 2.49. The van der Waals surface area contributed by atoms with Crippen molar-refractivity contribution >= 4 is 27.5 Å². The van der Waals surface area contributed by atoms with Crippen LogP contribution in [-0.4, -0.2) is 24.4 Å². The van der Waals surface area contributed by atoms with E-state index in [1.54, 1.807) is 32.4 Å². The second-order valence-electron chi connectivity index (χ2n) is 6.45. The van der Waals surface area contributed by atoms with Gasteiger partial charge in [-0.25, -0.2) is 0 Å². The molecule has 1 aliphatic rings. The molecule has 2 aromatic carbocycles. The number of hydrogen-bond acceptors (Lipinski definition) is 6. The summed E-state index contributed by atoms with van der Waals surface area (Å²) in [6, 6.07) is 13.1. The van der Waals surface area contributed by atoms with E-state index >= 15 is 0 Å². The molecule has 0 radical (unpaired) electrons. The molecule has 3 N–H and O–H groups in total. The van der Waals surface area contributed by atoms with Crippen molar-refractivity contribution in [3.8, 4) is 34.7 Å². The van der Waals surface area contributed by atoms with Crippen LogP contribution in [0.15, 0.2) is 52.3 Å². The van der Waals surface area contributed by atoms with Crippen LogP contribution in [0.3, 0.4) is 0 Å². The maximum Gasteiger partial charge on any atom is 0.244 e. The highest BCUT2D eigenvalue weighted by atomic mass is 79.9. The largest absolute Gasteiger partial charge is 0.493 e. The van der Waals surface area contributed by atoms with Crippen LogP contribution < -0.4 is 19.9 Å². The Morgan fingerprint density at radius 2 is 1.93 bits per heavy atom. The number of nitrogens with two attached hydrogens (primary N) is 1. The van der Waals surface area contributed by atoms with Gasteiger partial charge in [-0.15, -0.1) is 5.10 Å². The molecule has 1 aliphatic heterocycles. The topological polar surface area (TPSA) is 106 Å². The zero-order valence-electron chi connectivity index (χ0n) is 16.0. The van der Waals surface area contributed by atoms with Gasteiger partial charge in [-0.3, -0.25) is 5.10 Å². The van der Waals surface area contributed by atoms with Gasteiger partial charge in [-0.2, -0.15) is 5.26 Å². The second-order valence-corrected chi connectivity index (χ2v) is 7.71. The zero-order valence-corrected chi connectivity index (χ0v) is 18.3. The Kier molecular flexibility index (Phi) is 5.33. The first-order chi connectivity index (χ1) is 14.5. The van der Waals surface area contributed by atoms with Crippen molar-refractivity contribution in [1.82, 2.24) is 10.2 Å². The number of fused-ring (bicyclic) bond motifs is 1. The third kappa shape index (κ3) is 3.16. The molecular weight excluding hydrogens is 472 g/mol. The number of nitrogens with one attached hydrogen (secondary N) is 1. The summed E-state index contributed by atoms with van der Waals surface area (Å²) in [7, 11) is 3.11. The molecule has 152 valence electrons. The van der Waals surface area contributed by atoms with Crippen LogP contribution in [0.4, 0.5) is 0 Å². The van der Waals surface area contributed by atoms with Crippen molar-refractivity contribution in [2.24, 2.45) is 5.73 Å². The smallest absolute Gasteiger partial charge is 0.244 e. The van der Waals surface area contributed by atoms with Crippen molar-refractivity contribution in [1.29, 1.82) is 5.26 Å². The van der Waals surface area contributed by atoms with Gasteiger partial charge in [0.05, 0.1) is 31.4 Å². The minimum absolute atomic E-state index is 0.00565. The quantitative estimate of drug-likeness (QED) is 0.551. The Hall–Kier alpha value is -3.15. The number of aromatic nitrogens is 2. The van der Waals surface area contributed by atoms with E-state index in [1.165, 1.54) is 0 Å². The SMILES string of the molecule is COc1cc(Br)c([C@@H]2C(C#N)=C(N)Oc3n[nH]c(-c4ccccc4Cl)c32)cc1OC. The van der Waals surface area contributed by atoms with Crippen molar-refractivity contribution < 1.29 is 14.2 Å². The Bertz CT molecular complexity index is 1220. The molecule has 0 unspecified atom stereocenters. The summed E-state index contributed by atoms with van der Waals surface area (Å²) in [5, 5.41) is 17.7. The Morgan fingerprint density at radius 3 is 2.60 bits per heavy atom. The summed E-state index contributed by atoms with van der Waals surface area (Å²) in [6.45, 7) is 0. The number of ether oxygens (including phenoxy) is 3. The minimum Gasteiger partial charge on any atom is -0.493 e. The molecule has 1 aromatic heterocycles. The average molecular weight is 488 g/mol. The molecule has 1 atom stereocenters. The van der Waals surface area contributed by atoms with Gasteiger partial charge >= 0.3 is 0 Å². The molecule has 9 heteroatoms. The van der Waals surface area contributed by atoms with Crippen molar-refractivity contribution in [2.45, 2.75) is 5.92 Å². The van der Waals surface area contributed by atoms with Gasteiger partial charge in [-0.1, -0.05) is 45.7 Å². The van der Waals surface area contributed by atoms with Gasteiger partial charge in [0.2, 0.25) is 11.8 Å². The Morgan fingerprint density at radius 1 is 1.23 bits per heavy atom. The fourth-order valence-corrected chi connectivity index (χ4v) is 4.30. The summed E-state index contributed by atoms with van der Waals surface area (Å²) in [5.74, 6) is 0.775. The molecule has 0 spiro atoms. The number of methoxy groups -OCH3 is 2. The van der Waals surface area contributed by atoms with E-state index < -0.39 is 5.92 Å². The molecule has 0 amide bonds. The van der Waals surface area contributed by atoms with Crippen LogP contribution in [0.2, 0.25) is 5.02 Å². The summed E-state index contributed by atoms with van der Waals surface area (Å²) >= 11 is 10.0. The van der Waals surface area contributed by atoms with Crippen LogP contribution >= 0.6 is 27.5 Å². The number of rotatable bonds is 4. The lowest BCUT2D eigenvalue weighted by Gasteiger charge is -2.25. The van der Waals surface area contributed by atoms with E-state index in [1.807, 2.05) is 18.2 Å². The van der Waals surface area contributed by atoms with E-state index in [2.05, 4.69) is 32.2 Å². The average Bonchev–Trinajstić information content (AvgIpc) is 3.16. The van der Waals surface area contributed by atoms with Gasteiger partial charge in [0.1, 0.15) is 11.6 Å². The molecule has 3 aromatic rings. The summed E-state index contributed by atoms with van der Waals surface area (Å²) in [5.41, 5.74) is 9.10. The molecule has 2 heterocycles. The first kappa shape index (κ1) is 20.1. The fourth-order valence-electron chi connectivity index (χ4n) is 3.52. The molecule has 0 aliphatic carbocycles. The molecule has 7 nitrogen and oxygen atoms in total. The van der Waals surface area contributed by atoms with E-state index in [4.69, 9.17) is 31.5 Å². The maximum absolute atomic E-state index is 9.89. The van der Waals surface area contributed by atoms with E-state index in [0.29, 0.717) is 32.3 Å². The summed E-state index contributed by atoms with van der Waals surface area (Å²) in [6.07, 6.45) is 0. The molecule has 0 saturated heterocycles. The highest BCUT2D eigenvalue weighted by molar-refractivity contribution is 9.10. The summed E-state index contributed by atoms with van der Waals surface area (Å²) < 4.78 is 17.2. The lowest BCUT2D eigenvalue weighted by molar-refractivity contribution is 0.353. The number of halogens is 2. The Labute approximate surface area is 186 Å². The predicted octanol–water partition coefficient (Wildman–Crippen LogP) is 4.73. The van der Waals surface area contributed by atoms with E-state index in [9.17, 15) is 5.26 Å². The van der Waals surface area contributed by atoms with Crippen LogP contribution in [0.5, 0.6) is 17.4 Å². The second kappa shape index (κ2) is 7.94. The predicted molar refractivity (Wildman–Crippen MR) is 116 cm³/mol. The van der Waals surface area contributed by atoms with Crippen molar-refractivity contribution in [3.05, 3.63) is 68.5 Å². The molecule has 4 rings (SSSR count). The van der Waals surface area contributed by atoms with Crippen molar-refractivity contribution in [3.63, 3.8) is 0 Å². The van der Waals surface area contributed by atoms with E-state index in [-0.39, 0.29) is 17.3 Å². The monoisotopic (exact) mass is 486 g/mol. The molecule has 0 saturated carbocycles. The maximum atomic E-state index is 9.89. The number of allylic oxidation sites excluding steroid dienone is 1. The third-order valence-electron chi connectivity index (χ3n) is 4.90. The fraction of sp³-hybridized carbons (Fsp3) is 0.143. The van der Waals surface area contributed by atoms with Crippen LogP contribution in [0.25, 0.3) is 11.3 Å². The van der Waals surface area contributed by atoms with Gasteiger partial charge in [0.15, 0.2) is 11.5 Å². The van der Waals surface area contributed by atoms with Gasteiger partial charge < -0.3 is 19.9 Å². The zero-order chi connectivity index (χ0) is 21.4. The highest BCUT2D eigenvalue weighted by Gasteiger charge is 2.37. The molecule has 0 bridgehead atoms. The van der Waals surface area contributed by atoms with Crippen molar-refractivity contribution in [2.75, 3.05) is 14.2 Å². The lowest BCUT2D eigenvalue weighted by Crippen LogP contribution is -2.21. The number of nitrogens with zero attached hydrogens (tertiary/aromatic N) is 2. The third-order valence-corrected chi connectivity index (χ3v) is 5.91. The number of aromatic amines is 1. The number of hydrogen-bond donors (Lipinski definition) is 2. The van der Waals surface area contributed by atoms with Crippen LogP contribution in [0.1, 0.15) is 17.0 Å². The Balaban J connectivity index is 2.01. The molecule has 0 fully saturated rings. The molecular formula is C21H16BrClN4O3. The number of nitriles is 1. The number of benzene rings is 2. The normalized spacial score (nSPS) is 15.2. The first-order valence-corrected chi connectivity index (χ1v) is 9.99.